The molecule has 0 heterocycles. The van der Waals surface area contributed by atoms with Gasteiger partial charge in [-0.05, 0) is 60.7 Å². The van der Waals surface area contributed by atoms with Crippen LogP contribution in [0.1, 0.15) is 35.6 Å². The van der Waals surface area contributed by atoms with Crippen LogP contribution in [0, 0.1) is 11.3 Å². The Kier molecular flexibility index (Phi) is 3.85. The van der Waals surface area contributed by atoms with E-state index in [-0.39, 0.29) is 6.04 Å². The van der Waals surface area contributed by atoms with Crippen LogP contribution >= 0.6 is 15.9 Å². The number of fused-ring (bicyclic) bond motifs is 1. The molecule has 1 unspecified atom stereocenters. The predicted molar refractivity (Wildman–Crippen MR) is 86.3 cm³/mol. The van der Waals surface area contributed by atoms with Crippen LogP contribution in [0.4, 0.5) is 5.69 Å². The molecular weight excluding hydrogens is 328 g/mol. The van der Waals surface area contributed by atoms with Crippen LogP contribution in [0.5, 0.6) is 5.75 Å². The predicted octanol–water partition coefficient (Wildman–Crippen LogP) is 4.52. The van der Waals surface area contributed by atoms with E-state index in [0.29, 0.717) is 11.3 Å². The lowest BCUT2D eigenvalue weighted by atomic mass is 9.87. The van der Waals surface area contributed by atoms with Crippen LogP contribution in [0.25, 0.3) is 0 Å². The molecule has 1 atom stereocenters. The first-order valence-electron chi connectivity index (χ1n) is 6.95. The summed E-state index contributed by atoms with van der Waals surface area (Å²) in [5, 5.41) is 22.3. The van der Waals surface area contributed by atoms with Gasteiger partial charge in [-0.2, -0.15) is 5.26 Å². The maximum atomic E-state index is 9.61. The van der Waals surface area contributed by atoms with Gasteiger partial charge in [0.15, 0.2) is 0 Å². The van der Waals surface area contributed by atoms with Crippen molar-refractivity contribution in [1.29, 1.82) is 5.26 Å². The molecule has 21 heavy (non-hydrogen) atoms. The van der Waals surface area contributed by atoms with E-state index in [4.69, 9.17) is 0 Å². The molecule has 4 heteroatoms. The van der Waals surface area contributed by atoms with Gasteiger partial charge in [0.1, 0.15) is 11.8 Å². The van der Waals surface area contributed by atoms with Gasteiger partial charge in [0.25, 0.3) is 0 Å². The molecule has 0 bridgehead atoms. The molecule has 1 aliphatic rings. The fourth-order valence-corrected chi connectivity index (χ4v) is 3.23. The van der Waals surface area contributed by atoms with Gasteiger partial charge in [-0.25, -0.2) is 0 Å². The number of nitriles is 1. The monoisotopic (exact) mass is 342 g/mol. The number of benzene rings is 2. The number of anilines is 1. The Morgan fingerprint density at radius 3 is 2.90 bits per heavy atom. The molecule has 0 aliphatic heterocycles. The van der Waals surface area contributed by atoms with Gasteiger partial charge in [-0.15, -0.1) is 0 Å². The second-order valence-corrected chi connectivity index (χ2v) is 6.19. The second kappa shape index (κ2) is 5.79. The van der Waals surface area contributed by atoms with Crippen LogP contribution < -0.4 is 5.32 Å². The number of hydrogen-bond acceptors (Lipinski definition) is 3. The maximum Gasteiger partial charge on any atom is 0.115 e. The highest BCUT2D eigenvalue weighted by atomic mass is 79.9. The summed E-state index contributed by atoms with van der Waals surface area (Å²) in [6, 6.07) is 13.6. The molecule has 106 valence electrons. The molecule has 3 rings (SSSR count). The van der Waals surface area contributed by atoms with E-state index in [1.807, 2.05) is 30.3 Å². The Labute approximate surface area is 132 Å². The van der Waals surface area contributed by atoms with Crippen molar-refractivity contribution in [1.82, 2.24) is 0 Å². The minimum Gasteiger partial charge on any atom is -0.508 e. The first kappa shape index (κ1) is 14.0. The van der Waals surface area contributed by atoms with Crippen LogP contribution in [0.15, 0.2) is 40.9 Å². The smallest absolute Gasteiger partial charge is 0.115 e. The van der Waals surface area contributed by atoms with E-state index < -0.39 is 0 Å². The number of phenolic OH excluding ortho intramolecular Hbond substituents is 1. The zero-order valence-corrected chi connectivity index (χ0v) is 13.0. The topological polar surface area (TPSA) is 56.0 Å². The van der Waals surface area contributed by atoms with Gasteiger partial charge in [0.2, 0.25) is 0 Å². The number of halogens is 1. The number of aromatic hydroxyl groups is 1. The highest BCUT2D eigenvalue weighted by molar-refractivity contribution is 9.10. The zero-order valence-electron chi connectivity index (χ0n) is 11.4. The van der Waals surface area contributed by atoms with E-state index in [2.05, 4.69) is 27.3 Å². The van der Waals surface area contributed by atoms with Crippen molar-refractivity contribution in [3.8, 4) is 11.8 Å². The third-order valence-electron chi connectivity index (χ3n) is 3.87. The van der Waals surface area contributed by atoms with Crippen LogP contribution in [0.3, 0.4) is 0 Å². The molecular formula is C17H15BrN2O. The summed E-state index contributed by atoms with van der Waals surface area (Å²) in [5.41, 5.74) is 3.89. The lowest BCUT2D eigenvalue weighted by Gasteiger charge is -2.27. The molecule has 0 amide bonds. The second-order valence-electron chi connectivity index (χ2n) is 5.27. The van der Waals surface area contributed by atoms with E-state index in [9.17, 15) is 10.4 Å². The largest absolute Gasteiger partial charge is 0.508 e. The Morgan fingerprint density at radius 1 is 1.24 bits per heavy atom. The summed E-state index contributed by atoms with van der Waals surface area (Å²) < 4.78 is 0.950. The lowest BCUT2D eigenvalue weighted by molar-refractivity contribution is 0.472. The Bertz CT molecular complexity index is 721. The van der Waals surface area contributed by atoms with Crippen molar-refractivity contribution in [3.05, 3.63) is 57.6 Å². The Morgan fingerprint density at radius 2 is 2.10 bits per heavy atom. The summed E-state index contributed by atoms with van der Waals surface area (Å²) in [4.78, 5) is 0. The van der Waals surface area contributed by atoms with Crippen LogP contribution in [-0.2, 0) is 6.42 Å². The molecule has 0 aromatic heterocycles. The highest BCUT2D eigenvalue weighted by Crippen LogP contribution is 2.35. The summed E-state index contributed by atoms with van der Waals surface area (Å²) in [5.74, 6) is 0.314. The first-order chi connectivity index (χ1) is 10.2. The minimum absolute atomic E-state index is 0.177. The van der Waals surface area contributed by atoms with Crippen molar-refractivity contribution in [2.45, 2.75) is 25.3 Å². The average Bonchev–Trinajstić information content (AvgIpc) is 2.47. The SMILES string of the molecule is N#Cc1ccc(Br)cc1NC1CCCc2cc(O)ccc21. The van der Waals surface area contributed by atoms with Crippen LogP contribution in [0.2, 0.25) is 0 Å². The fraction of sp³-hybridized carbons (Fsp3) is 0.235. The number of nitrogens with zero attached hydrogens (tertiary/aromatic N) is 1. The van der Waals surface area contributed by atoms with Crippen LogP contribution in [-0.4, -0.2) is 5.11 Å². The Balaban J connectivity index is 1.94. The van der Waals surface area contributed by atoms with Gasteiger partial charge < -0.3 is 10.4 Å². The van der Waals surface area contributed by atoms with E-state index in [1.165, 1.54) is 11.1 Å². The molecule has 0 fully saturated rings. The van der Waals surface area contributed by atoms with Crippen molar-refractivity contribution in [2.75, 3.05) is 5.32 Å². The Hall–Kier alpha value is -1.99. The van der Waals surface area contributed by atoms with E-state index in [1.54, 1.807) is 6.07 Å². The van der Waals surface area contributed by atoms with Gasteiger partial charge in [-0.1, -0.05) is 22.0 Å². The van der Waals surface area contributed by atoms with Crippen molar-refractivity contribution in [3.63, 3.8) is 0 Å². The number of hydrogen-bond donors (Lipinski definition) is 2. The summed E-state index contributed by atoms with van der Waals surface area (Å²) in [6.07, 6.45) is 3.09. The van der Waals surface area contributed by atoms with Gasteiger partial charge in [0, 0.05) is 4.47 Å². The molecule has 1 aliphatic carbocycles. The minimum atomic E-state index is 0.177. The summed E-state index contributed by atoms with van der Waals surface area (Å²) in [6.45, 7) is 0. The number of aryl methyl sites for hydroxylation is 1. The van der Waals surface area contributed by atoms with Gasteiger partial charge >= 0.3 is 0 Å². The van der Waals surface area contributed by atoms with Crippen molar-refractivity contribution in [2.24, 2.45) is 0 Å². The zero-order chi connectivity index (χ0) is 14.8. The van der Waals surface area contributed by atoms with Gasteiger partial charge in [-0.3, -0.25) is 0 Å². The number of rotatable bonds is 2. The summed E-state index contributed by atoms with van der Waals surface area (Å²) >= 11 is 3.45. The normalized spacial score (nSPS) is 16.9. The van der Waals surface area contributed by atoms with Crippen molar-refractivity contribution < 1.29 is 5.11 Å². The molecule has 0 radical (unpaired) electrons. The molecule has 0 saturated heterocycles. The average molecular weight is 343 g/mol. The molecule has 2 N–H and O–H groups in total. The third-order valence-corrected chi connectivity index (χ3v) is 4.37. The number of nitrogens with one attached hydrogen (secondary N) is 1. The molecule has 2 aromatic carbocycles. The summed E-state index contributed by atoms with van der Waals surface area (Å²) in [7, 11) is 0. The number of phenols is 1. The third kappa shape index (κ3) is 2.88. The highest BCUT2D eigenvalue weighted by Gasteiger charge is 2.21. The first-order valence-corrected chi connectivity index (χ1v) is 7.74. The quantitative estimate of drug-likeness (QED) is 0.843. The van der Waals surface area contributed by atoms with Crippen molar-refractivity contribution >= 4 is 21.6 Å². The standard InChI is InChI=1S/C17H15BrN2O/c18-13-5-4-12(10-19)17(9-13)20-16-3-1-2-11-8-14(21)6-7-15(11)16/h4-9,16,20-21H,1-3H2. The molecule has 3 nitrogen and oxygen atoms in total. The molecule has 0 spiro atoms. The maximum absolute atomic E-state index is 9.61. The van der Waals surface area contributed by atoms with E-state index >= 15 is 0 Å². The fourth-order valence-electron chi connectivity index (χ4n) is 2.87. The van der Waals surface area contributed by atoms with Gasteiger partial charge in [0.05, 0.1) is 17.3 Å². The van der Waals surface area contributed by atoms with E-state index in [0.717, 1.165) is 29.4 Å². The lowest BCUT2D eigenvalue weighted by Crippen LogP contribution is -2.17. The molecule has 2 aromatic rings. The molecule has 0 saturated carbocycles.